The number of nitrogens with zero attached hydrogens (tertiary/aromatic N) is 2. The lowest BCUT2D eigenvalue weighted by Gasteiger charge is -1.99. The normalized spacial score (nSPS) is 10.2. The van der Waals surface area contributed by atoms with Crippen molar-refractivity contribution < 1.29 is 0 Å². The summed E-state index contributed by atoms with van der Waals surface area (Å²) in [5.41, 5.74) is 7.31. The van der Waals surface area contributed by atoms with Gasteiger partial charge in [0.2, 0.25) is 0 Å². The summed E-state index contributed by atoms with van der Waals surface area (Å²) in [5, 5.41) is 7.70. The number of rotatable bonds is 1. The van der Waals surface area contributed by atoms with Crippen molar-refractivity contribution in [2.45, 2.75) is 0 Å². The summed E-state index contributed by atoms with van der Waals surface area (Å²) in [6.45, 7) is 0. The summed E-state index contributed by atoms with van der Waals surface area (Å²) in [6.07, 6.45) is 0. The maximum absolute atomic E-state index is 5.76. The maximum atomic E-state index is 5.76. The van der Waals surface area contributed by atoms with E-state index < -0.39 is 0 Å². The van der Waals surface area contributed by atoms with Crippen LogP contribution in [0.1, 0.15) is 0 Å². The number of hydrogen-bond donors (Lipinski definition) is 2. The van der Waals surface area contributed by atoms with Crippen molar-refractivity contribution in [3.05, 3.63) is 29.0 Å². The predicted octanol–water partition coefficient (Wildman–Crippen LogP) is 1.82. The lowest BCUT2D eigenvalue weighted by Crippen LogP contribution is -1.90. The van der Waals surface area contributed by atoms with E-state index in [-0.39, 0.29) is 0 Å². The van der Waals surface area contributed by atoms with Crippen LogP contribution in [0.3, 0.4) is 0 Å². The van der Waals surface area contributed by atoms with Gasteiger partial charge in [0.1, 0.15) is 0 Å². The summed E-state index contributed by atoms with van der Waals surface area (Å²) >= 11 is 3.18. The van der Waals surface area contributed by atoms with Gasteiger partial charge < -0.3 is 10.7 Å². The van der Waals surface area contributed by atoms with Crippen LogP contribution in [0.15, 0.2) is 29.0 Å². The van der Waals surface area contributed by atoms with Gasteiger partial charge >= 0.3 is 0 Å². The van der Waals surface area contributed by atoms with Gasteiger partial charge in [-0.05, 0) is 28.1 Å². The Morgan fingerprint density at radius 1 is 1.23 bits per heavy atom. The zero-order valence-electron chi connectivity index (χ0n) is 6.66. The van der Waals surface area contributed by atoms with Crippen LogP contribution in [-0.4, -0.2) is 15.2 Å². The molecule has 2 aromatic rings. The monoisotopic (exact) mass is 238 g/mol. The molecule has 0 unspecified atom stereocenters. The maximum Gasteiger partial charge on any atom is 0.197 e. The van der Waals surface area contributed by atoms with Crippen molar-refractivity contribution in [3.8, 4) is 11.4 Å². The first-order chi connectivity index (χ1) is 6.27. The van der Waals surface area contributed by atoms with Crippen LogP contribution in [0.2, 0.25) is 0 Å². The van der Waals surface area contributed by atoms with Gasteiger partial charge in [0.05, 0.1) is 0 Å². The van der Waals surface area contributed by atoms with Gasteiger partial charge in [-0.2, -0.15) is 0 Å². The molecule has 0 radical (unpaired) electrons. The van der Waals surface area contributed by atoms with Crippen molar-refractivity contribution >= 4 is 21.6 Å². The molecule has 0 aliphatic heterocycles. The van der Waals surface area contributed by atoms with E-state index in [4.69, 9.17) is 5.73 Å². The number of nitrogens with two attached hydrogens (primary N) is 1. The van der Waals surface area contributed by atoms with E-state index in [1.54, 1.807) is 0 Å². The molecule has 13 heavy (non-hydrogen) atoms. The number of nitrogens with one attached hydrogen (secondary N) is 1. The number of halogens is 1. The molecule has 1 aromatic heterocycles. The molecule has 5 heteroatoms. The second-order valence-electron chi connectivity index (χ2n) is 2.55. The number of aromatic nitrogens is 3. The molecule has 0 aliphatic rings. The molecule has 0 atom stereocenters. The van der Waals surface area contributed by atoms with Gasteiger partial charge in [-0.25, -0.2) is 0 Å². The summed E-state index contributed by atoms with van der Waals surface area (Å²) in [7, 11) is 0. The third-order valence-corrected chi connectivity index (χ3v) is 2.03. The van der Waals surface area contributed by atoms with E-state index in [0.29, 0.717) is 16.2 Å². The van der Waals surface area contributed by atoms with Crippen molar-refractivity contribution in [1.29, 1.82) is 0 Å². The van der Waals surface area contributed by atoms with Gasteiger partial charge in [0, 0.05) is 11.3 Å². The highest BCUT2D eigenvalue weighted by Crippen LogP contribution is 2.22. The van der Waals surface area contributed by atoms with E-state index >= 15 is 0 Å². The zero-order valence-corrected chi connectivity index (χ0v) is 8.25. The van der Waals surface area contributed by atoms with E-state index in [1.165, 1.54) is 0 Å². The average Bonchev–Trinajstić information content (AvgIpc) is 2.53. The second kappa shape index (κ2) is 3.18. The third-order valence-electron chi connectivity index (χ3n) is 1.68. The molecule has 0 amide bonds. The van der Waals surface area contributed by atoms with Crippen molar-refractivity contribution in [2.75, 3.05) is 5.73 Å². The van der Waals surface area contributed by atoms with Gasteiger partial charge in [-0.15, -0.1) is 10.2 Å². The fourth-order valence-electron chi connectivity index (χ4n) is 1.08. The van der Waals surface area contributed by atoms with Crippen molar-refractivity contribution in [3.63, 3.8) is 0 Å². The van der Waals surface area contributed by atoms with Crippen LogP contribution in [0.5, 0.6) is 0 Å². The number of nitrogen functional groups attached to an aromatic ring is 1. The summed E-state index contributed by atoms with van der Waals surface area (Å²) in [5.74, 6) is 0.671. The predicted molar refractivity (Wildman–Crippen MR) is 53.9 cm³/mol. The number of anilines is 1. The molecule has 0 saturated carbocycles. The Balaban J connectivity index is 2.52. The van der Waals surface area contributed by atoms with E-state index in [0.717, 1.165) is 5.56 Å². The Morgan fingerprint density at radius 2 is 2.00 bits per heavy atom. The van der Waals surface area contributed by atoms with E-state index in [9.17, 15) is 0 Å². The smallest absolute Gasteiger partial charge is 0.197 e. The fraction of sp³-hybridized carbons (Fsp3) is 0. The first kappa shape index (κ1) is 8.25. The molecule has 1 heterocycles. The number of aromatic amines is 1. The molecule has 0 saturated heterocycles. The minimum atomic E-state index is 0.603. The Hall–Kier alpha value is -1.36. The highest BCUT2D eigenvalue weighted by molar-refractivity contribution is 9.10. The van der Waals surface area contributed by atoms with Crippen molar-refractivity contribution in [1.82, 2.24) is 15.2 Å². The SMILES string of the molecule is Nc1ccccc1-c1nnc(Br)[nH]1. The zero-order chi connectivity index (χ0) is 9.26. The Labute approximate surface area is 83.3 Å². The van der Waals surface area contributed by atoms with Gasteiger partial charge in [0.25, 0.3) is 0 Å². The second-order valence-corrected chi connectivity index (χ2v) is 3.30. The molecule has 2 rings (SSSR count). The van der Waals surface area contributed by atoms with Gasteiger partial charge in [-0.1, -0.05) is 12.1 Å². The summed E-state index contributed by atoms with van der Waals surface area (Å²) in [4.78, 5) is 2.95. The van der Waals surface area contributed by atoms with Gasteiger partial charge in [-0.3, -0.25) is 0 Å². The van der Waals surface area contributed by atoms with Crippen LogP contribution in [0.25, 0.3) is 11.4 Å². The molecule has 0 fully saturated rings. The van der Waals surface area contributed by atoms with Crippen molar-refractivity contribution in [2.24, 2.45) is 0 Å². The highest BCUT2D eigenvalue weighted by atomic mass is 79.9. The van der Waals surface area contributed by atoms with Crippen LogP contribution in [0, 0.1) is 0 Å². The summed E-state index contributed by atoms with van der Waals surface area (Å²) < 4.78 is 0.603. The van der Waals surface area contributed by atoms with Crippen LogP contribution < -0.4 is 5.73 Å². The molecule has 1 aromatic carbocycles. The average molecular weight is 239 g/mol. The van der Waals surface area contributed by atoms with Gasteiger partial charge in [0.15, 0.2) is 10.6 Å². The molecular weight excluding hydrogens is 232 g/mol. The fourth-order valence-corrected chi connectivity index (χ4v) is 1.34. The third kappa shape index (κ3) is 1.55. The minimum Gasteiger partial charge on any atom is -0.398 e. The quantitative estimate of drug-likeness (QED) is 0.745. The molecule has 0 aliphatic carbocycles. The Morgan fingerprint density at radius 3 is 2.62 bits per heavy atom. The number of H-pyrrole nitrogens is 1. The first-order valence-corrected chi connectivity index (χ1v) is 4.50. The molecule has 4 nitrogen and oxygen atoms in total. The standard InChI is InChI=1S/C8H7BrN4/c9-8-11-7(12-13-8)5-3-1-2-4-6(5)10/h1-4H,10H2,(H,11,12,13). The first-order valence-electron chi connectivity index (χ1n) is 3.70. The van der Waals surface area contributed by atoms with E-state index in [1.807, 2.05) is 24.3 Å². The largest absolute Gasteiger partial charge is 0.398 e. The molecule has 66 valence electrons. The van der Waals surface area contributed by atoms with E-state index in [2.05, 4.69) is 31.1 Å². The molecular formula is C8H7BrN4. The Kier molecular flexibility index (Phi) is 2.02. The molecule has 3 N–H and O–H groups in total. The molecule has 0 spiro atoms. The highest BCUT2D eigenvalue weighted by Gasteiger charge is 2.05. The van der Waals surface area contributed by atoms with Crippen LogP contribution in [0.4, 0.5) is 5.69 Å². The topological polar surface area (TPSA) is 67.6 Å². The number of benzene rings is 1. The Bertz CT molecular complexity index is 424. The van der Waals surface area contributed by atoms with Crippen LogP contribution >= 0.6 is 15.9 Å². The lowest BCUT2D eigenvalue weighted by molar-refractivity contribution is 1.07. The lowest BCUT2D eigenvalue weighted by atomic mass is 10.2. The number of para-hydroxylation sites is 1. The minimum absolute atomic E-state index is 0.603. The summed E-state index contributed by atoms with van der Waals surface area (Å²) in [6, 6.07) is 7.50. The number of hydrogen-bond acceptors (Lipinski definition) is 3. The van der Waals surface area contributed by atoms with Crippen LogP contribution in [-0.2, 0) is 0 Å². The molecule has 0 bridgehead atoms.